The van der Waals surface area contributed by atoms with E-state index < -0.39 is 10.2 Å². The number of phenols is 1. The minimum Gasteiger partial charge on any atom is -0.508 e. The summed E-state index contributed by atoms with van der Waals surface area (Å²) in [5, 5.41) is 14.4. The maximum absolute atomic E-state index is 12.0. The zero-order valence-corrected chi connectivity index (χ0v) is 26.5. The van der Waals surface area contributed by atoms with Gasteiger partial charge in [0.2, 0.25) is 0 Å². The lowest BCUT2D eigenvalue weighted by molar-refractivity contribution is 0.0588. The van der Waals surface area contributed by atoms with E-state index in [-0.39, 0.29) is 23.5 Å². The van der Waals surface area contributed by atoms with Gasteiger partial charge in [0.1, 0.15) is 11.6 Å². The summed E-state index contributed by atoms with van der Waals surface area (Å²) in [5.74, 6) is 1.38. The third kappa shape index (κ3) is 7.37. The molecule has 4 aliphatic rings. The van der Waals surface area contributed by atoms with E-state index in [0.29, 0.717) is 27.8 Å². The number of aromatic hydroxyl groups is 1. The van der Waals surface area contributed by atoms with Crippen LogP contribution in [0.1, 0.15) is 51.0 Å². The lowest BCUT2D eigenvalue weighted by atomic mass is 9.97. The lowest BCUT2D eigenvalue weighted by Gasteiger charge is -2.48. The van der Waals surface area contributed by atoms with Crippen LogP contribution in [0.5, 0.6) is 5.75 Å². The van der Waals surface area contributed by atoms with Crippen LogP contribution in [0.3, 0.4) is 0 Å². The Kier molecular flexibility index (Phi) is 9.02. The minimum absolute atomic E-state index is 0.137. The molecule has 3 N–H and O–H groups in total. The molecule has 0 radical (unpaired) electrons. The molecule has 43 heavy (non-hydrogen) atoms. The van der Waals surface area contributed by atoms with Gasteiger partial charge >= 0.3 is 10.2 Å². The molecule has 0 unspecified atom stereocenters. The summed E-state index contributed by atoms with van der Waals surface area (Å²) in [6.07, 6.45) is 7.93. The molecule has 0 amide bonds. The predicted molar refractivity (Wildman–Crippen MR) is 172 cm³/mol. The van der Waals surface area contributed by atoms with Gasteiger partial charge in [0.25, 0.3) is 0 Å². The molecule has 3 fully saturated rings. The second-order valence-electron chi connectivity index (χ2n) is 11.8. The number of likely N-dealkylation sites (tertiary alicyclic amines) is 1. The lowest BCUT2D eigenvalue weighted by Crippen LogP contribution is -2.58. The Morgan fingerprint density at radius 1 is 1.12 bits per heavy atom. The fraction of sp³-hybridized carbons (Fsp3) is 0.552. The Balaban J connectivity index is 1.07. The quantitative estimate of drug-likeness (QED) is 0.388. The molecular weight excluding hydrogens is 611 g/mol. The Morgan fingerprint density at radius 3 is 2.60 bits per heavy atom. The van der Waals surface area contributed by atoms with Crippen LogP contribution in [0.15, 0.2) is 39.9 Å². The van der Waals surface area contributed by atoms with E-state index in [2.05, 4.69) is 46.0 Å². The number of rotatable bonds is 8. The Morgan fingerprint density at radius 2 is 1.91 bits per heavy atom. The number of phenolic OH excluding ortho intramolecular Hbond substituents is 1. The smallest absolute Gasteiger partial charge is 0.345 e. The first-order valence-corrected chi connectivity index (χ1v) is 17.2. The van der Waals surface area contributed by atoms with E-state index in [1.54, 1.807) is 18.3 Å². The van der Waals surface area contributed by atoms with Crippen LogP contribution in [-0.4, -0.2) is 90.8 Å². The monoisotopic (exact) mass is 648 g/mol. The second-order valence-corrected chi connectivity index (χ2v) is 14.0. The van der Waals surface area contributed by atoms with Crippen molar-refractivity contribution >= 4 is 56.6 Å². The first kappa shape index (κ1) is 30.4. The molecule has 0 bridgehead atoms. The minimum atomic E-state index is -3.80. The summed E-state index contributed by atoms with van der Waals surface area (Å²) in [6, 6.07) is 8.17. The molecule has 4 heterocycles. The molecule has 2 saturated heterocycles. The van der Waals surface area contributed by atoms with Crippen molar-refractivity contribution in [2.45, 2.75) is 70.1 Å². The van der Waals surface area contributed by atoms with Crippen molar-refractivity contribution in [1.29, 1.82) is 0 Å². The van der Waals surface area contributed by atoms with Crippen LogP contribution in [0, 0.1) is 0 Å². The van der Waals surface area contributed by atoms with E-state index in [4.69, 9.17) is 23.2 Å². The second kappa shape index (κ2) is 12.8. The number of anilines is 2. The van der Waals surface area contributed by atoms with Crippen molar-refractivity contribution in [2.75, 3.05) is 42.9 Å². The molecular formula is C29H38Cl2N8O3S. The van der Waals surface area contributed by atoms with Gasteiger partial charge in [0.15, 0.2) is 11.7 Å². The largest absolute Gasteiger partial charge is 0.508 e. The average Bonchev–Trinajstić information content (AvgIpc) is 3.73. The number of aliphatic imine (C=N–C) groups is 1. The van der Waals surface area contributed by atoms with Gasteiger partial charge in [-0.1, -0.05) is 42.6 Å². The molecule has 3 aliphatic heterocycles. The third-order valence-corrected chi connectivity index (χ3v) is 9.91. The molecule has 14 heteroatoms. The highest BCUT2D eigenvalue weighted by molar-refractivity contribution is 7.89. The van der Waals surface area contributed by atoms with Crippen LogP contribution < -0.4 is 14.9 Å². The Hall–Kier alpha value is -2.64. The van der Waals surface area contributed by atoms with Gasteiger partial charge in [-0.3, -0.25) is 14.8 Å². The average molecular weight is 650 g/mol. The topological polar surface area (TPSA) is 126 Å². The van der Waals surface area contributed by atoms with Crippen LogP contribution in [-0.2, 0) is 16.8 Å². The zero-order valence-electron chi connectivity index (χ0n) is 24.2. The highest BCUT2D eigenvalue weighted by Gasteiger charge is 2.35. The van der Waals surface area contributed by atoms with Crippen molar-refractivity contribution in [3.05, 3.63) is 46.1 Å². The van der Waals surface area contributed by atoms with Crippen molar-refractivity contribution < 1.29 is 13.5 Å². The number of pyridine rings is 1. The highest BCUT2D eigenvalue weighted by Crippen LogP contribution is 2.32. The number of hydrogen-bond donors (Lipinski definition) is 3. The molecule has 1 saturated carbocycles. The number of nitrogens with zero attached hydrogens (tertiary/aromatic N) is 6. The molecule has 2 aromatic rings. The summed E-state index contributed by atoms with van der Waals surface area (Å²) in [6.45, 7) is 7.54. The number of amidine groups is 2. The van der Waals surface area contributed by atoms with E-state index in [1.165, 1.54) is 0 Å². The number of benzene rings is 1. The molecule has 1 atom stereocenters. The van der Waals surface area contributed by atoms with E-state index >= 15 is 0 Å². The zero-order chi connectivity index (χ0) is 30.1. The first-order valence-electron chi connectivity index (χ1n) is 15.0. The van der Waals surface area contributed by atoms with Gasteiger partial charge in [-0.05, 0) is 63.4 Å². The maximum atomic E-state index is 12.0. The van der Waals surface area contributed by atoms with E-state index in [9.17, 15) is 13.5 Å². The van der Waals surface area contributed by atoms with Crippen molar-refractivity contribution in [3.8, 4) is 5.75 Å². The number of nitrogens with one attached hydrogen (secondary N) is 2. The van der Waals surface area contributed by atoms with Gasteiger partial charge in [-0.2, -0.15) is 8.42 Å². The number of aromatic nitrogens is 1. The van der Waals surface area contributed by atoms with Gasteiger partial charge < -0.3 is 15.3 Å². The normalized spacial score (nSPS) is 24.3. The van der Waals surface area contributed by atoms with E-state index in [1.807, 2.05) is 12.1 Å². The number of hydrogen-bond acceptors (Lipinski definition) is 9. The van der Waals surface area contributed by atoms with Gasteiger partial charge in [-0.25, -0.2) is 9.71 Å². The maximum Gasteiger partial charge on any atom is 0.345 e. The van der Waals surface area contributed by atoms with Crippen molar-refractivity contribution in [1.82, 2.24) is 19.5 Å². The summed E-state index contributed by atoms with van der Waals surface area (Å²) in [7, 11) is -3.80. The Bertz CT molecular complexity index is 1510. The molecule has 0 spiro atoms. The highest BCUT2D eigenvalue weighted by atomic mass is 35.5. The van der Waals surface area contributed by atoms with E-state index in [0.717, 1.165) is 89.2 Å². The fourth-order valence-corrected chi connectivity index (χ4v) is 7.50. The fourth-order valence-electron chi connectivity index (χ4n) is 6.23. The van der Waals surface area contributed by atoms with Gasteiger partial charge in [0, 0.05) is 48.8 Å². The molecule has 11 nitrogen and oxygen atoms in total. The number of piperidine rings is 1. The molecule has 6 rings (SSSR count). The summed E-state index contributed by atoms with van der Waals surface area (Å²) < 4.78 is 30.2. The van der Waals surface area contributed by atoms with Crippen LogP contribution >= 0.6 is 23.2 Å². The van der Waals surface area contributed by atoms with Crippen molar-refractivity contribution in [2.24, 2.45) is 9.39 Å². The predicted octanol–water partition coefficient (Wildman–Crippen LogP) is 4.27. The number of halogens is 2. The van der Waals surface area contributed by atoms with Gasteiger partial charge in [-0.15, -0.1) is 4.40 Å². The molecule has 232 valence electrons. The van der Waals surface area contributed by atoms with Gasteiger partial charge in [0.05, 0.1) is 22.9 Å². The van der Waals surface area contributed by atoms with Crippen LogP contribution in [0.25, 0.3) is 0 Å². The third-order valence-electron chi connectivity index (χ3n) is 8.52. The summed E-state index contributed by atoms with van der Waals surface area (Å²) in [4.78, 5) is 16.5. The SMILES string of the molecule is CCC[C@H]1CN(c2ncc(NC3=NS(=O)(=O)NC3=NC3CC3)cc2Cl)CCN1C1CCN(Cc2ccc(Cl)cc2O)CC1. The number of piperazine rings is 1. The molecule has 1 aliphatic carbocycles. The van der Waals surface area contributed by atoms with Crippen LogP contribution in [0.2, 0.25) is 10.0 Å². The van der Waals surface area contributed by atoms with Crippen molar-refractivity contribution in [3.63, 3.8) is 0 Å². The molecule has 1 aromatic carbocycles. The first-order chi connectivity index (χ1) is 20.7. The summed E-state index contributed by atoms with van der Waals surface area (Å²) >= 11 is 12.8. The summed E-state index contributed by atoms with van der Waals surface area (Å²) in [5.41, 5.74) is 1.47. The van der Waals surface area contributed by atoms with Crippen LogP contribution in [0.4, 0.5) is 11.5 Å². The Labute approximate surface area is 263 Å². The molecule has 1 aromatic heterocycles. The standard InChI is InChI=1S/C29H38Cl2N8O3S/c1-2-3-24-18-38(12-13-39(24)23-8-10-37(11-9-23)17-19-4-5-20(30)14-26(19)40)29-25(31)15-22(16-32-29)34-28-27(33-21-6-7-21)35-43(41,42)36-28/h4-5,14-16,21,23-24,40H,2-3,6-13,17-18H2,1H3,(H,33,35)(H,34,36)/t24-/m0/s1.